The molecule has 1 amide bonds. The van der Waals surface area contributed by atoms with Crippen LogP contribution in [0.25, 0.3) is 6.08 Å². The Morgan fingerprint density at radius 2 is 1.94 bits per heavy atom. The number of likely N-dealkylation sites (tertiary alicyclic amines) is 1. The van der Waals surface area contributed by atoms with Crippen molar-refractivity contribution in [3.8, 4) is 5.75 Å². The lowest BCUT2D eigenvalue weighted by Gasteiger charge is -2.44. The third-order valence-corrected chi connectivity index (χ3v) is 6.02. The van der Waals surface area contributed by atoms with Gasteiger partial charge in [-0.25, -0.2) is 0 Å². The molecule has 0 atom stereocenters. The zero-order chi connectivity index (χ0) is 22.2. The molecule has 2 aromatic carbocycles. The van der Waals surface area contributed by atoms with Gasteiger partial charge >= 0.3 is 0 Å². The van der Waals surface area contributed by atoms with Crippen molar-refractivity contribution >= 4 is 23.5 Å². The molecular formula is C24H24N2O5. The van der Waals surface area contributed by atoms with Gasteiger partial charge in [0.25, 0.3) is 5.69 Å². The van der Waals surface area contributed by atoms with Gasteiger partial charge in [0.2, 0.25) is 5.91 Å². The van der Waals surface area contributed by atoms with E-state index in [1.807, 2.05) is 26.0 Å². The van der Waals surface area contributed by atoms with Gasteiger partial charge in [0.05, 0.1) is 16.9 Å². The molecule has 7 nitrogen and oxygen atoms in total. The highest BCUT2D eigenvalue weighted by Gasteiger charge is 2.44. The molecular weight excluding hydrogens is 396 g/mol. The van der Waals surface area contributed by atoms with Crippen LogP contribution in [0.15, 0.2) is 42.5 Å². The number of amides is 1. The molecule has 2 aromatic rings. The summed E-state index contributed by atoms with van der Waals surface area (Å²) >= 11 is 0. The van der Waals surface area contributed by atoms with Crippen molar-refractivity contribution in [1.29, 1.82) is 0 Å². The van der Waals surface area contributed by atoms with Crippen LogP contribution >= 0.6 is 0 Å². The first-order valence-electron chi connectivity index (χ1n) is 10.3. The van der Waals surface area contributed by atoms with Gasteiger partial charge in [-0.2, -0.15) is 0 Å². The summed E-state index contributed by atoms with van der Waals surface area (Å²) in [6.45, 7) is 4.90. The number of ketones is 1. The quantitative estimate of drug-likeness (QED) is 0.421. The van der Waals surface area contributed by atoms with Crippen LogP contribution in [0.5, 0.6) is 5.75 Å². The molecule has 0 aliphatic carbocycles. The Labute approximate surface area is 180 Å². The lowest BCUT2D eigenvalue weighted by atomic mass is 9.81. The van der Waals surface area contributed by atoms with Gasteiger partial charge in [-0.05, 0) is 42.7 Å². The zero-order valence-corrected chi connectivity index (χ0v) is 17.6. The fourth-order valence-corrected chi connectivity index (χ4v) is 4.45. The van der Waals surface area contributed by atoms with Crippen LogP contribution < -0.4 is 4.74 Å². The Kier molecular flexibility index (Phi) is 5.35. The van der Waals surface area contributed by atoms with E-state index >= 15 is 0 Å². The van der Waals surface area contributed by atoms with Crippen LogP contribution in [0.1, 0.15) is 46.3 Å². The number of carbonyl (C=O) groups excluding carboxylic acids is 2. The van der Waals surface area contributed by atoms with E-state index in [-0.39, 0.29) is 17.4 Å². The van der Waals surface area contributed by atoms with Crippen LogP contribution in [0.4, 0.5) is 5.69 Å². The maximum atomic E-state index is 12.8. The minimum absolute atomic E-state index is 0.0145. The molecule has 0 saturated carbocycles. The van der Waals surface area contributed by atoms with Crippen LogP contribution in [-0.2, 0) is 4.79 Å². The number of non-ortho nitro benzene ring substituents is 1. The number of benzene rings is 2. The van der Waals surface area contributed by atoms with Crippen molar-refractivity contribution < 1.29 is 19.2 Å². The molecule has 0 N–H and O–H groups in total. The summed E-state index contributed by atoms with van der Waals surface area (Å²) in [5.74, 6) is 0.596. The molecule has 2 heterocycles. The first kappa shape index (κ1) is 20.8. The Balaban J connectivity index is 1.43. The standard InChI is InChI=1S/C24H24N2O5/c1-16-12-17(2)23-20(27)15-24(31-21(23)13-16)8-10-25(11-9-24)22(28)7-6-18-4-3-5-19(14-18)26(29)30/h3-7,12-14H,8-11,15H2,1-2H3/b7-6+. The average Bonchev–Trinajstić information content (AvgIpc) is 2.71. The Bertz CT molecular complexity index is 1100. The molecule has 0 aromatic heterocycles. The number of nitro benzene ring substituents is 1. The lowest BCUT2D eigenvalue weighted by molar-refractivity contribution is -0.384. The number of hydrogen-bond acceptors (Lipinski definition) is 5. The van der Waals surface area contributed by atoms with Gasteiger partial charge in [0.15, 0.2) is 5.78 Å². The minimum atomic E-state index is -0.565. The highest BCUT2D eigenvalue weighted by atomic mass is 16.6. The summed E-state index contributed by atoms with van der Waals surface area (Å²) in [7, 11) is 0. The number of fused-ring (bicyclic) bond motifs is 1. The molecule has 2 aliphatic rings. The molecule has 0 bridgehead atoms. The minimum Gasteiger partial charge on any atom is -0.486 e. The van der Waals surface area contributed by atoms with Gasteiger partial charge in [-0.1, -0.05) is 18.2 Å². The van der Waals surface area contributed by atoms with E-state index in [9.17, 15) is 19.7 Å². The normalized spacial score (nSPS) is 17.5. The number of rotatable bonds is 3. The molecule has 31 heavy (non-hydrogen) atoms. The fourth-order valence-electron chi connectivity index (χ4n) is 4.45. The number of Topliss-reactive ketones (excluding diaryl/α,β-unsaturated/α-hetero) is 1. The number of carbonyl (C=O) groups is 2. The molecule has 0 radical (unpaired) electrons. The van der Waals surface area contributed by atoms with E-state index in [1.54, 1.807) is 23.1 Å². The first-order chi connectivity index (χ1) is 14.8. The van der Waals surface area contributed by atoms with Crippen LogP contribution in [0, 0.1) is 24.0 Å². The molecule has 2 aliphatic heterocycles. The number of aryl methyl sites for hydroxylation is 2. The summed E-state index contributed by atoms with van der Waals surface area (Å²) < 4.78 is 6.34. The van der Waals surface area contributed by atoms with Crippen LogP contribution in [-0.4, -0.2) is 40.2 Å². The predicted octanol–water partition coefficient (Wildman–Crippen LogP) is 4.25. The van der Waals surface area contributed by atoms with E-state index in [0.29, 0.717) is 49.2 Å². The fraction of sp³-hybridized carbons (Fsp3) is 0.333. The molecule has 1 fully saturated rings. The summed E-state index contributed by atoms with van der Waals surface area (Å²) in [5, 5.41) is 10.9. The zero-order valence-electron chi connectivity index (χ0n) is 17.6. The van der Waals surface area contributed by atoms with E-state index in [4.69, 9.17) is 4.74 Å². The second-order valence-corrected chi connectivity index (χ2v) is 8.35. The molecule has 160 valence electrons. The lowest BCUT2D eigenvalue weighted by Crippen LogP contribution is -2.52. The monoisotopic (exact) mass is 420 g/mol. The van der Waals surface area contributed by atoms with E-state index in [0.717, 1.165) is 11.1 Å². The van der Waals surface area contributed by atoms with E-state index in [1.165, 1.54) is 18.2 Å². The second-order valence-electron chi connectivity index (χ2n) is 8.35. The SMILES string of the molecule is Cc1cc(C)c2c(c1)OC1(CCN(C(=O)/C=C/c3cccc([N+](=O)[O-])c3)CC1)CC2=O. The molecule has 0 unspecified atom stereocenters. The highest BCUT2D eigenvalue weighted by Crippen LogP contribution is 2.41. The Morgan fingerprint density at radius 1 is 1.19 bits per heavy atom. The smallest absolute Gasteiger partial charge is 0.270 e. The first-order valence-corrected chi connectivity index (χ1v) is 10.3. The number of piperidine rings is 1. The molecule has 4 rings (SSSR count). The van der Waals surface area contributed by atoms with Crippen LogP contribution in [0.3, 0.4) is 0 Å². The van der Waals surface area contributed by atoms with E-state index < -0.39 is 10.5 Å². The third-order valence-electron chi connectivity index (χ3n) is 6.02. The average molecular weight is 420 g/mol. The molecule has 1 saturated heterocycles. The van der Waals surface area contributed by atoms with Crippen LogP contribution in [0.2, 0.25) is 0 Å². The van der Waals surface area contributed by atoms with Gasteiger partial charge in [-0.15, -0.1) is 0 Å². The summed E-state index contributed by atoms with van der Waals surface area (Å²) in [5.41, 5.74) is 2.69. The van der Waals surface area contributed by atoms with Gasteiger partial charge in [0.1, 0.15) is 11.4 Å². The van der Waals surface area contributed by atoms with Crippen molar-refractivity contribution in [3.05, 3.63) is 74.8 Å². The third kappa shape index (κ3) is 4.21. The second kappa shape index (κ2) is 7.98. The van der Waals surface area contributed by atoms with Crippen molar-refractivity contribution in [1.82, 2.24) is 4.90 Å². The van der Waals surface area contributed by atoms with Crippen molar-refractivity contribution in [3.63, 3.8) is 0 Å². The maximum Gasteiger partial charge on any atom is 0.270 e. The number of nitro groups is 1. The number of hydrogen-bond donors (Lipinski definition) is 0. The molecule has 1 spiro atoms. The number of ether oxygens (including phenoxy) is 1. The topological polar surface area (TPSA) is 89.8 Å². The van der Waals surface area contributed by atoms with Crippen molar-refractivity contribution in [2.45, 2.75) is 38.7 Å². The summed E-state index contributed by atoms with van der Waals surface area (Å²) in [6.07, 6.45) is 4.52. The predicted molar refractivity (Wildman–Crippen MR) is 116 cm³/mol. The van der Waals surface area contributed by atoms with Gasteiger partial charge < -0.3 is 9.64 Å². The Morgan fingerprint density at radius 3 is 2.65 bits per heavy atom. The van der Waals surface area contributed by atoms with E-state index in [2.05, 4.69) is 0 Å². The molecule has 7 heteroatoms. The highest BCUT2D eigenvalue weighted by molar-refractivity contribution is 6.02. The van der Waals surface area contributed by atoms with Crippen molar-refractivity contribution in [2.24, 2.45) is 0 Å². The number of nitrogens with zero attached hydrogens (tertiary/aromatic N) is 2. The Hall–Kier alpha value is -3.48. The summed E-state index contributed by atoms with van der Waals surface area (Å²) in [4.78, 5) is 37.6. The summed E-state index contributed by atoms with van der Waals surface area (Å²) in [6, 6.07) is 10.1. The van der Waals surface area contributed by atoms with Gasteiger partial charge in [0, 0.05) is 44.1 Å². The van der Waals surface area contributed by atoms with Gasteiger partial charge in [-0.3, -0.25) is 19.7 Å². The maximum absolute atomic E-state index is 12.8. The van der Waals surface area contributed by atoms with Crippen molar-refractivity contribution in [2.75, 3.05) is 13.1 Å². The largest absolute Gasteiger partial charge is 0.486 e.